The van der Waals surface area contributed by atoms with E-state index in [2.05, 4.69) is 27.1 Å². The first-order valence-corrected chi connectivity index (χ1v) is 6.19. The summed E-state index contributed by atoms with van der Waals surface area (Å²) in [6.07, 6.45) is 2.83. The molecular weight excluding hydrogens is 294 g/mol. The molecule has 0 spiro atoms. The highest BCUT2D eigenvalue weighted by molar-refractivity contribution is 9.10. The molecule has 5 heteroatoms. The number of carbonyl (C=O) groups excluding carboxylic acids is 1. The monoisotopic (exact) mass is 303 g/mol. The van der Waals surface area contributed by atoms with E-state index < -0.39 is 0 Å². The lowest BCUT2D eigenvalue weighted by molar-refractivity contribution is 0.112. The number of aldehydes is 1. The average molecular weight is 304 g/mol. The van der Waals surface area contributed by atoms with Gasteiger partial charge in [0.1, 0.15) is 5.69 Å². The van der Waals surface area contributed by atoms with Crippen LogP contribution in [0.3, 0.4) is 0 Å². The van der Waals surface area contributed by atoms with Crippen molar-refractivity contribution >= 4 is 22.2 Å². The van der Waals surface area contributed by atoms with E-state index in [0.29, 0.717) is 24.2 Å². The van der Waals surface area contributed by atoms with Crippen LogP contribution in [0.4, 0.5) is 0 Å². The molecule has 0 unspecified atom stereocenters. The highest BCUT2D eigenvalue weighted by atomic mass is 79.9. The van der Waals surface area contributed by atoms with Gasteiger partial charge in [0.15, 0.2) is 6.29 Å². The number of rotatable bonds is 4. The molecule has 1 aromatic heterocycles. The van der Waals surface area contributed by atoms with Crippen molar-refractivity contribution < 1.29 is 4.79 Å². The first-order chi connectivity index (χ1) is 8.74. The lowest BCUT2D eigenvalue weighted by Crippen LogP contribution is -1.97. The average Bonchev–Trinajstić information content (AvgIpc) is 2.80. The topological polar surface area (TPSA) is 58.7 Å². The molecule has 2 aromatic rings. The maximum Gasteiger partial charge on any atom is 0.153 e. The van der Waals surface area contributed by atoms with Gasteiger partial charge in [-0.3, -0.25) is 9.48 Å². The minimum absolute atomic E-state index is 0.375. The van der Waals surface area contributed by atoms with Gasteiger partial charge in [0.25, 0.3) is 0 Å². The molecule has 4 nitrogen and oxygen atoms in total. The van der Waals surface area contributed by atoms with Crippen LogP contribution in [0.5, 0.6) is 0 Å². The van der Waals surface area contributed by atoms with Crippen LogP contribution in [0.2, 0.25) is 0 Å². The van der Waals surface area contributed by atoms with Crippen molar-refractivity contribution in [2.75, 3.05) is 0 Å². The second-order valence-electron chi connectivity index (χ2n) is 3.73. The lowest BCUT2D eigenvalue weighted by Gasteiger charge is -1.98. The molecule has 0 bridgehead atoms. The van der Waals surface area contributed by atoms with Crippen molar-refractivity contribution in [1.82, 2.24) is 9.78 Å². The zero-order valence-electron chi connectivity index (χ0n) is 9.51. The fourth-order valence-electron chi connectivity index (χ4n) is 1.63. The van der Waals surface area contributed by atoms with Crippen LogP contribution in [-0.4, -0.2) is 16.1 Å². The summed E-state index contributed by atoms with van der Waals surface area (Å²) in [5, 5.41) is 12.9. The molecule has 0 fully saturated rings. The van der Waals surface area contributed by atoms with E-state index in [-0.39, 0.29) is 0 Å². The number of nitriles is 1. The number of nitrogens with zero attached hydrogens (tertiary/aromatic N) is 3. The Labute approximate surface area is 113 Å². The van der Waals surface area contributed by atoms with E-state index in [1.165, 1.54) is 0 Å². The Hall–Kier alpha value is -1.93. The van der Waals surface area contributed by atoms with Gasteiger partial charge in [-0.1, -0.05) is 28.1 Å². The van der Waals surface area contributed by atoms with Gasteiger partial charge in [0.2, 0.25) is 0 Å². The zero-order valence-corrected chi connectivity index (χ0v) is 11.1. The van der Waals surface area contributed by atoms with Crippen LogP contribution >= 0.6 is 15.9 Å². The van der Waals surface area contributed by atoms with Crippen LogP contribution in [0.1, 0.15) is 16.8 Å². The molecule has 0 aliphatic carbocycles. The Morgan fingerprint density at radius 3 is 2.72 bits per heavy atom. The first-order valence-electron chi connectivity index (χ1n) is 5.40. The van der Waals surface area contributed by atoms with Crippen molar-refractivity contribution in [1.29, 1.82) is 5.26 Å². The fraction of sp³-hybridized carbons (Fsp3) is 0.154. The van der Waals surface area contributed by atoms with Gasteiger partial charge in [-0.2, -0.15) is 10.4 Å². The second kappa shape index (κ2) is 5.61. The fourth-order valence-corrected chi connectivity index (χ4v) is 1.90. The molecule has 0 aliphatic heterocycles. The molecule has 0 radical (unpaired) electrons. The van der Waals surface area contributed by atoms with E-state index in [4.69, 9.17) is 5.26 Å². The molecule has 0 N–H and O–H groups in total. The maximum atomic E-state index is 11.0. The summed E-state index contributed by atoms with van der Waals surface area (Å²) in [7, 11) is 0. The normalized spacial score (nSPS) is 10.0. The van der Waals surface area contributed by atoms with E-state index in [9.17, 15) is 4.79 Å². The van der Waals surface area contributed by atoms with Gasteiger partial charge in [0.05, 0.1) is 24.6 Å². The minimum Gasteiger partial charge on any atom is -0.298 e. The standard InChI is InChI=1S/C13H10BrN3O/c14-12-4-2-10(3-5-12)13-11(9-18)8-17(16-13)7-1-6-15/h2-5,8-9H,1,7H2. The number of hydrogen-bond donors (Lipinski definition) is 0. The second-order valence-corrected chi connectivity index (χ2v) is 4.64. The summed E-state index contributed by atoms with van der Waals surface area (Å²) in [4.78, 5) is 11.0. The highest BCUT2D eigenvalue weighted by Gasteiger charge is 2.10. The van der Waals surface area contributed by atoms with Crippen LogP contribution < -0.4 is 0 Å². The lowest BCUT2D eigenvalue weighted by atomic mass is 10.1. The minimum atomic E-state index is 0.375. The van der Waals surface area contributed by atoms with Gasteiger partial charge < -0.3 is 0 Å². The van der Waals surface area contributed by atoms with E-state index in [1.807, 2.05) is 24.3 Å². The third kappa shape index (κ3) is 2.66. The number of benzene rings is 1. The number of hydrogen-bond acceptors (Lipinski definition) is 3. The van der Waals surface area contributed by atoms with Crippen molar-refractivity contribution in [3.63, 3.8) is 0 Å². The SMILES string of the molecule is N#CCCn1cc(C=O)c(-c2ccc(Br)cc2)n1. The van der Waals surface area contributed by atoms with Crippen LogP contribution in [0.25, 0.3) is 11.3 Å². The van der Waals surface area contributed by atoms with Gasteiger partial charge in [-0.05, 0) is 12.1 Å². The van der Waals surface area contributed by atoms with Crippen molar-refractivity contribution in [3.05, 3.63) is 40.5 Å². The Morgan fingerprint density at radius 2 is 2.11 bits per heavy atom. The van der Waals surface area contributed by atoms with E-state index >= 15 is 0 Å². The van der Waals surface area contributed by atoms with Crippen molar-refractivity contribution in [3.8, 4) is 17.3 Å². The Bertz CT molecular complexity index is 596. The summed E-state index contributed by atoms with van der Waals surface area (Å²) < 4.78 is 2.60. The molecular formula is C13H10BrN3O. The van der Waals surface area contributed by atoms with Gasteiger partial charge in [-0.25, -0.2) is 0 Å². The first kappa shape index (κ1) is 12.5. The predicted molar refractivity (Wildman–Crippen MR) is 71.0 cm³/mol. The molecule has 0 saturated heterocycles. The Morgan fingerprint density at radius 1 is 1.39 bits per heavy atom. The summed E-state index contributed by atoms with van der Waals surface area (Å²) in [6, 6.07) is 9.65. The summed E-state index contributed by atoms with van der Waals surface area (Å²) in [5.41, 5.74) is 2.07. The number of aromatic nitrogens is 2. The van der Waals surface area contributed by atoms with E-state index in [1.54, 1.807) is 10.9 Å². The largest absolute Gasteiger partial charge is 0.298 e. The number of aryl methyl sites for hydroxylation is 1. The Balaban J connectivity index is 2.37. The molecule has 0 amide bonds. The quantitative estimate of drug-likeness (QED) is 0.816. The van der Waals surface area contributed by atoms with Crippen LogP contribution in [0, 0.1) is 11.3 Å². The van der Waals surface area contributed by atoms with Crippen molar-refractivity contribution in [2.24, 2.45) is 0 Å². The third-order valence-electron chi connectivity index (χ3n) is 2.49. The van der Waals surface area contributed by atoms with Crippen LogP contribution in [-0.2, 0) is 6.54 Å². The van der Waals surface area contributed by atoms with E-state index in [0.717, 1.165) is 16.3 Å². The Kier molecular flexibility index (Phi) is 3.90. The van der Waals surface area contributed by atoms with Crippen LogP contribution in [0.15, 0.2) is 34.9 Å². The summed E-state index contributed by atoms with van der Waals surface area (Å²) in [6.45, 7) is 0.494. The molecule has 90 valence electrons. The molecule has 2 rings (SSSR count). The highest BCUT2D eigenvalue weighted by Crippen LogP contribution is 2.23. The molecule has 0 atom stereocenters. The van der Waals surface area contributed by atoms with Gasteiger partial charge >= 0.3 is 0 Å². The summed E-state index contributed by atoms with van der Waals surface area (Å²) >= 11 is 3.36. The molecule has 1 aromatic carbocycles. The van der Waals surface area contributed by atoms with Gasteiger partial charge in [-0.15, -0.1) is 0 Å². The maximum absolute atomic E-state index is 11.0. The predicted octanol–water partition coefficient (Wildman–Crippen LogP) is 3.04. The van der Waals surface area contributed by atoms with Gasteiger partial charge in [0, 0.05) is 16.2 Å². The molecule has 18 heavy (non-hydrogen) atoms. The third-order valence-corrected chi connectivity index (χ3v) is 3.02. The number of halogens is 1. The number of carbonyl (C=O) groups is 1. The molecule has 1 heterocycles. The summed E-state index contributed by atoms with van der Waals surface area (Å²) in [5.74, 6) is 0. The zero-order chi connectivity index (χ0) is 13.0. The van der Waals surface area contributed by atoms with Crippen molar-refractivity contribution in [2.45, 2.75) is 13.0 Å². The molecule has 0 aliphatic rings. The smallest absolute Gasteiger partial charge is 0.153 e. The molecule has 0 saturated carbocycles.